The van der Waals surface area contributed by atoms with Crippen molar-refractivity contribution in [2.24, 2.45) is 5.73 Å². The van der Waals surface area contributed by atoms with E-state index in [0.29, 0.717) is 64.7 Å². The smallest absolute Gasteiger partial charge is 0.263 e. The second kappa shape index (κ2) is 7.76. The summed E-state index contributed by atoms with van der Waals surface area (Å²) in [6, 6.07) is 8.86. The zero-order chi connectivity index (χ0) is 22.6. The highest BCUT2D eigenvalue weighted by Gasteiger charge is 2.49. The second-order valence-electron chi connectivity index (χ2n) is 8.35. The number of nitrogens with zero attached hydrogens (tertiary/aromatic N) is 4. The third-order valence-corrected chi connectivity index (χ3v) is 7.34. The number of hydrogen-bond acceptors (Lipinski definition) is 6. The average Bonchev–Trinajstić information content (AvgIpc) is 3.06. The average molecular weight is 472 g/mol. The predicted octanol–water partition coefficient (Wildman–Crippen LogP) is 3.98. The van der Waals surface area contributed by atoms with Crippen LogP contribution in [0.2, 0.25) is 10.0 Å². The van der Waals surface area contributed by atoms with Crippen LogP contribution in [0.1, 0.15) is 35.8 Å². The first-order valence-electron chi connectivity index (χ1n) is 10.5. The maximum Gasteiger partial charge on any atom is 0.263 e. The van der Waals surface area contributed by atoms with Crippen LogP contribution in [0.3, 0.4) is 0 Å². The molecule has 1 fully saturated rings. The Morgan fingerprint density at radius 3 is 2.62 bits per heavy atom. The summed E-state index contributed by atoms with van der Waals surface area (Å²) in [4.78, 5) is 24.6. The van der Waals surface area contributed by atoms with Gasteiger partial charge in [-0.25, -0.2) is 9.97 Å². The van der Waals surface area contributed by atoms with E-state index in [1.807, 2.05) is 12.1 Å². The quantitative estimate of drug-likeness (QED) is 0.607. The van der Waals surface area contributed by atoms with Crippen LogP contribution in [0.25, 0.3) is 5.69 Å². The fourth-order valence-electron chi connectivity index (χ4n) is 4.73. The molecule has 2 N–H and O–H groups in total. The molecule has 2 aliphatic heterocycles. The summed E-state index contributed by atoms with van der Waals surface area (Å²) in [5.74, 6) is 1.85. The maximum atomic E-state index is 13.3. The molecule has 0 unspecified atom stereocenters. The summed E-state index contributed by atoms with van der Waals surface area (Å²) < 4.78 is 7.75. The fraction of sp³-hybridized carbons (Fsp3) is 0.348. The molecule has 0 bridgehead atoms. The Morgan fingerprint density at radius 1 is 1.16 bits per heavy atom. The van der Waals surface area contributed by atoms with Crippen molar-refractivity contribution < 1.29 is 4.74 Å². The maximum absolute atomic E-state index is 13.3. The van der Waals surface area contributed by atoms with Crippen molar-refractivity contribution in [1.82, 2.24) is 14.5 Å². The Labute approximate surface area is 195 Å². The molecule has 0 saturated carbocycles. The lowest BCUT2D eigenvalue weighted by atomic mass is 9.83. The summed E-state index contributed by atoms with van der Waals surface area (Å²) in [5, 5.41) is 0.718. The van der Waals surface area contributed by atoms with Crippen LogP contribution in [0.15, 0.2) is 41.3 Å². The van der Waals surface area contributed by atoms with Crippen molar-refractivity contribution in [3.05, 3.63) is 73.9 Å². The van der Waals surface area contributed by atoms with Crippen molar-refractivity contribution >= 4 is 29.0 Å². The Morgan fingerprint density at radius 2 is 1.91 bits per heavy atom. The third-order valence-electron chi connectivity index (χ3n) is 6.53. The zero-order valence-electron chi connectivity index (χ0n) is 17.8. The molecule has 0 aliphatic carbocycles. The van der Waals surface area contributed by atoms with E-state index < -0.39 is 5.60 Å². The number of anilines is 1. The van der Waals surface area contributed by atoms with E-state index >= 15 is 0 Å². The van der Waals surface area contributed by atoms with Crippen molar-refractivity contribution in [3.8, 4) is 11.6 Å². The van der Waals surface area contributed by atoms with Gasteiger partial charge in [-0.15, -0.1) is 0 Å². The molecular formula is C23H23Cl2N5O2. The number of hydrogen-bond donors (Lipinski definition) is 1. The van der Waals surface area contributed by atoms with Gasteiger partial charge in [0.05, 0.1) is 27.3 Å². The molecule has 1 atom stereocenters. The first-order chi connectivity index (χ1) is 15.3. The molecule has 32 heavy (non-hydrogen) atoms. The van der Waals surface area contributed by atoms with Gasteiger partial charge in [0.2, 0.25) is 5.88 Å². The number of fused-ring (bicyclic) bond motifs is 1. The zero-order valence-corrected chi connectivity index (χ0v) is 19.3. The van der Waals surface area contributed by atoms with Crippen LogP contribution < -0.4 is 20.9 Å². The van der Waals surface area contributed by atoms with Crippen LogP contribution in [0, 0.1) is 13.8 Å². The Hall–Kier alpha value is -2.61. The number of benzene rings is 1. The molecule has 1 saturated heterocycles. The summed E-state index contributed by atoms with van der Waals surface area (Å²) in [6.07, 6.45) is 3.15. The number of pyridine rings is 1. The van der Waals surface area contributed by atoms with Crippen molar-refractivity contribution in [2.75, 3.05) is 18.0 Å². The molecule has 4 heterocycles. The number of aromatic nitrogens is 3. The van der Waals surface area contributed by atoms with E-state index in [4.69, 9.17) is 38.7 Å². The molecule has 166 valence electrons. The first kappa shape index (κ1) is 21.2. The van der Waals surface area contributed by atoms with Gasteiger partial charge in [0.15, 0.2) is 0 Å². The minimum Gasteiger partial charge on any atom is -0.469 e. The van der Waals surface area contributed by atoms with Gasteiger partial charge in [-0.2, -0.15) is 0 Å². The normalized spacial score (nSPS) is 19.2. The highest BCUT2D eigenvalue weighted by atomic mass is 35.5. The van der Waals surface area contributed by atoms with Gasteiger partial charge in [0.25, 0.3) is 5.56 Å². The lowest BCUT2D eigenvalue weighted by Crippen LogP contribution is -2.52. The van der Waals surface area contributed by atoms with Gasteiger partial charge in [-0.05, 0) is 32.0 Å². The van der Waals surface area contributed by atoms with Gasteiger partial charge in [0.1, 0.15) is 17.2 Å². The van der Waals surface area contributed by atoms with Gasteiger partial charge >= 0.3 is 0 Å². The fourth-order valence-corrected chi connectivity index (χ4v) is 5.11. The third kappa shape index (κ3) is 3.18. The van der Waals surface area contributed by atoms with Crippen molar-refractivity contribution in [3.63, 3.8) is 0 Å². The highest BCUT2D eigenvalue weighted by Crippen LogP contribution is 2.46. The van der Waals surface area contributed by atoms with E-state index in [1.165, 1.54) is 4.57 Å². The molecular weight excluding hydrogens is 449 g/mol. The Balaban J connectivity index is 1.44. The lowest BCUT2D eigenvalue weighted by molar-refractivity contribution is 0.0397. The molecule has 2 aromatic heterocycles. The molecule has 0 amide bonds. The van der Waals surface area contributed by atoms with Crippen molar-refractivity contribution in [2.45, 2.75) is 38.3 Å². The van der Waals surface area contributed by atoms with E-state index in [0.717, 1.165) is 5.56 Å². The Kier molecular flexibility index (Phi) is 5.15. The molecule has 0 radical (unpaired) electrons. The molecule has 1 aromatic carbocycles. The molecule has 3 aromatic rings. The van der Waals surface area contributed by atoms with Gasteiger partial charge in [0, 0.05) is 37.7 Å². The summed E-state index contributed by atoms with van der Waals surface area (Å²) in [7, 11) is 0. The minimum absolute atomic E-state index is 0.164. The van der Waals surface area contributed by atoms with Crippen LogP contribution >= 0.6 is 23.2 Å². The number of ether oxygens (including phenoxy) is 1. The van der Waals surface area contributed by atoms with E-state index in [9.17, 15) is 4.79 Å². The molecule has 2 aliphatic rings. The van der Waals surface area contributed by atoms with Crippen LogP contribution in [0.4, 0.5) is 5.82 Å². The van der Waals surface area contributed by atoms with Crippen LogP contribution in [0.5, 0.6) is 5.88 Å². The number of piperidine rings is 1. The van der Waals surface area contributed by atoms with E-state index in [2.05, 4.69) is 9.88 Å². The van der Waals surface area contributed by atoms with Gasteiger partial charge in [-0.3, -0.25) is 9.36 Å². The minimum atomic E-state index is -0.473. The molecule has 7 nitrogen and oxygen atoms in total. The summed E-state index contributed by atoms with van der Waals surface area (Å²) >= 11 is 12.5. The van der Waals surface area contributed by atoms with Crippen LogP contribution in [-0.2, 0) is 0 Å². The molecule has 9 heteroatoms. The topological polar surface area (TPSA) is 86.3 Å². The van der Waals surface area contributed by atoms with Crippen LogP contribution in [-0.4, -0.2) is 33.2 Å². The highest BCUT2D eigenvalue weighted by molar-refractivity contribution is 6.43. The number of aryl methyl sites for hydroxylation is 1. The standard InChI is InChI=1S/C23H23Cl2N5O2/c1-13-20(28-14(2)30(22(13)31)17-7-3-6-16(24)18(17)25)29-11-8-23(9-12-29)19(26)15-5-4-10-27-21(15)32-23/h3-7,10,19H,8-9,11-12,26H2,1-2H3/t19-/m0/s1. The SMILES string of the molecule is Cc1c(N2CCC3(CC2)Oc2ncccc2[C@@H]3N)nc(C)n(-c2cccc(Cl)c2Cl)c1=O. The number of nitrogens with two attached hydrogens (primary N) is 1. The number of halogens is 2. The van der Waals surface area contributed by atoms with E-state index in [1.54, 1.807) is 38.2 Å². The van der Waals surface area contributed by atoms with Gasteiger partial charge < -0.3 is 15.4 Å². The summed E-state index contributed by atoms with van der Waals surface area (Å²) in [5.41, 5.74) is 7.95. The summed E-state index contributed by atoms with van der Waals surface area (Å²) in [6.45, 7) is 4.94. The largest absolute Gasteiger partial charge is 0.469 e. The predicted molar refractivity (Wildman–Crippen MR) is 125 cm³/mol. The number of rotatable bonds is 2. The first-order valence-corrected chi connectivity index (χ1v) is 11.3. The molecule has 5 rings (SSSR count). The van der Waals surface area contributed by atoms with Gasteiger partial charge in [-0.1, -0.05) is 35.3 Å². The monoisotopic (exact) mass is 471 g/mol. The van der Waals surface area contributed by atoms with E-state index in [-0.39, 0.29) is 11.6 Å². The molecule has 1 spiro atoms. The Bertz CT molecular complexity index is 1270. The second-order valence-corrected chi connectivity index (χ2v) is 9.14. The van der Waals surface area contributed by atoms with Crippen molar-refractivity contribution in [1.29, 1.82) is 0 Å². The lowest BCUT2D eigenvalue weighted by Gasteiger charge is -2.41.